The van der Waals surface area contributed by atoms with E-state index in [0.717, 1.165) is 39.0 Å². The lowest BCUT2D eigenvalue weighted by Gasteiger charge is -2.09. The lowest BCUT2D eigenvalue weighted by Crippen LogP contribution is -2.01. The monoisotopic (exact) mass is 353 g/mol. The second-order valence-electron chi connectivity index (χ2n) is 5.98. The molecule has 3 aromatic rings. The first kappa shape index (κ1) is 17.2. The Balaban J connectivity index is 1.84. The Morgan fingerprint density at radius 3 is 2.28 bits per heavy atom. The molecule has 0 fully saturated rings. The maximum absolute atomic E-state index is 5.98. The maximum Gasteiger partial charge on any atom is 0.243 e. The summed E-state index contributed by atoms with van der Waals surface area (Å²) in [6.07, 6.45) is 1.79. The topological polar surface area (TPSA) is 55.1 Å². The molecule has 1 N–H and O–H groups in total. The number of nitrogens with zero attached hydrogens (tertiary/aromatic N) is 4. The lowest BCUT2D eigenvalue weighted by molar-refractivity contribution is 0.965. The minimum atomic E-state index is 0.500. The molecule has 0 aliphatic carbocycles. The van der Waals surface area contributed by atoms with E-state index in [4.69, 9.17) is 11.6 Å². The van der Waals surface area contributed by atoms with E-state index in [9.17, 15) is 0 Å². The van der Waals surface area contributed by atoms with E-state index in [1.807, 2.05) is 44.2 Å². The maximum atomic E-state index is 5.98. The molecular formula is C19H20ClN5. The fourth-order valence-corrected chi connectivity index (χ4v) is 2.97. The van der Waals surface area contributed by atoms with Crippen LogP contribution in [0.1, 0.15) is 28.3 Å². The minimum absolute atomic E-state index is 0.500. The number of benzene rings is 1. The fraction of sp³-hybridized carbons (Fsp3) is 0.211. The van der Waals surface area contributed by atoms with Crippen LogP contribution in [0.15, 0.2) is 41.5 Å². The average Bonchev–Trinajstić information content (AvgIpc) is 2.82. The van der Waals surface area contributed by atoms with E-state index in [0.29, 0.717) is 5.95 Å². The fourth-order valence-electron chi connectivity index (χ4n) is 2.84. The summed E-state index contributed by atoms with van der Waals surface area (Å²) >= 11 is 5.98. The Labute approximate surface area is 152 Å². The molecule has 25 heavy (non-hydrogen) atoms. The normalized spacial score (nSPS) is 11.2. The highest BCUT2D eigenvalue weighted by Crippen LogP contribution is 2.21. The van der Waals surface area contributed by atoms with Gasteiger partial charge in [-0.15, -0.1) is 0 Å². The molecule has 0 unspecified atom stereocenters. The van der Waals surface area contributed by atoms with Gasteiger partial charge < -0.3 is 4.57 Å². The SMILES string of the molecule is Cc1cc(C)nc(N/N=C\c2cc(C)n(-c3ccc(Cl)cc3)c2C)n1. The Hall–Kier alpha value is -2.66. The molecule has 0 aliphatic heterocycles. The van der Waals surface area contributed by atoms with Gasteiger partial charge in [-0.05, 0) is 64.1 Å². The molecule has 6 heteroatoms. The number of nitrogens with one attached hydrogen (secondary N) is 1. The van der Waals surface area contributed by atoms with Crippen LogP contribution in [0.5, 0.6) is 0 Å². The van der Waals surface area contributed by atoms with Gasteiger partial charge in [0.05, 0.1) is 6.21 Å². The smallest absolute Gasteiger partial charge is 0.243 e. The molecule has 0 bridgehead atoms. The summed E-state index contributed by atoms with van der Waals surface area (Å²) in [6, 6.07) is 11.8. The van der Waals surface area contributed by atoms with Crippen molar-refractivity contribution in [1.29, 1.82) is 0 Å². The first-order valence-electron chi connectivity index (χ1n) is 8.00. The van der Waals surface area contributed by atoms with Gasteiger partial charge in [-0.3, -0.25) is 0 Å². The van der Waals surface area contributed by atoms with Crippen LogP contribution >= 0.6 is 11.6 Å². The number of rotatable bonds is 4. The van der Waals surface area contributed by atoms with Crippen molar-refractivity contribution in [3.05, 3.63) is 69.8 Å². The van der Waals surface area contributed by atoms with Crippen LogP contribution in [-0.4, -0.2) is 20.7 Å². The van der Waals surface area contributed by atoms with E-state index in [-0.39, 0.29) is 0 Å². The standard InChI is InChI=1S/C19H20ClN5/c1-12-9-13(2)23-19(22-12)24-21-11-16-10-14(3)25(15(16)4)18-7-5-17(20)6-8-18/h5-11H,1-4H3,(H,22,23,24)/b21-11-. The second kappa shape index (κ2) is 7.07. The largest absolute Gasteiger partial charge is 0.318 e. The van der Waals surface area contributed by atoms with E-state index in [1.165, 1.54) is 0 Å². The van der Waals surface area contributed by atoms with Crippen LogP contribution in [0.3, 0.4) is 0 Å². The number of hydrogen-bond acceptors (Lipinski definition) is 4. The van der Waals surface area contributed by atoms with Crippen molar-refractivity contribution in [2.45, 2.75) is 27.7 Å². The second-order valence-corrected chi connectivity index (χ2v) is 6.42. The van der Waals surface area contributed by atoms with Crippen molar-refractivity contribution in [3.8, 4) is 5.69 Å². The van der Waals surface area contributed by atoms with Gasteiger partial charge in [-0.2, -0.15) is 5.10 Å². The van der Waals surface area contributed by atoms with Crippen LogP contribution in [0, 0.1) is 27.7 Å². The number of anilines is 1. The summed E-state index contributed by atoms with van der Waals surface area (Å²) in [5.41, 5.74) is 9.05. The van der Waals surface area contributed by atoms with Gasteiger partial charge in [0.25, 0.3) is 0 Å². The van der Waals surface area contributed by atoms with E-state index < -0.39 is 0 Å². The van der Waals surface area contributed by atoms with Crippen LogP contribution in [0.4, 0.5) is 5.95 Å². The van der Waals surface area contributed by atoms with Crippen molar-refractivity contribution >= 4 is 23.8 Å². The first-order chi connectivity index (χ1) is 11.9. The predicted molar refractivity (Wildman–Crippen MR) is 103 cm³/mol. The van der Waals surface area contributed by atoms with Gasteiger partial charge in [0.2, 0.25) is 5.95 Å². The zero-order valence-electron chi connectivity index (χ0n) is 14.7. The molecule has 0 saturated carbocycles. The molecule has 0 amide bonds. The third-order valence-electron chi connectivity index (χ3n) is 3.91. The quantitative estimate of drug-likeness (QED) is 0.551. The number of aromatic nitrogens is 3. The Morgan fingerprint density at radius 1 is 1.00 bits per heavy atom. The first-order valence-corrected chi connectivity index (χ1v) is 8.38. The molecule has 0 spiro atoms. The van der Waals surface area contributed by atoms with Gasteiger partial charge in [0.15, 0.2) is 0 Å². The van der Waals surface area contributed by atoms with E-state index in [2.05, 4.69) is 45.0 Å². The van der Waals surface area contributed by atoms with Gasteiger partial charge in [-0.25, -0.2) is 15.4 Å². The van der Waals surface area contributed by atoms with Gasteiger partial charge in [0.1, 0.15) is 0 Å². The average molecular weight is 354 g/mol. The van der Waals surface area contributed by atoms with Crippen LogP contribution in [0.25, 0.3) is 5.69 Å². The third-order valence-corrected chi connectivity index (χ3v) is 4.16. The summed E-state index contributed by atoms with van der Waals surface area (Å²) in [5, 5.41) is 5.01. The van der Waals surface area contributed by atoms with Crippen molar-refractivity contribution in [2.75, 3.05) is 5.43 Å². The molecule has 3 rings (SSSR count). The molecule has 2 aromatic heterocycles. The number of hydrazone groups is 1. The van der Waals surface area contributed by atoms with E-state index >= 15 is 0 Å². The van der Waals surface area contributed by atoms with Crippen LogP contribution in [-0.2, 0) is 0 Å². The Kier molecular flexibility index (Phi) is 4.86. The van der Waals surface area contributed by atoms with Crippen molar-refractivity contribution < 1.29 is 0 Å². The molecule has 0 atom stereocenters. The van der Waals surface area contributed by atoms with E-state index in [1.54, 1.807) is 6.21 Å². The number of aryl methyl sites for hydroxylation is 3. The summed E-state index contributed by atoms with van der Waals surface area (Å²) < 4.78 is 2.17. The van der Waals surface area contributed by atoms with Crippen molar-refractivity contribution in [2.24, 2.45) is 5.10 Å². The van der Waals surface area contributed by atoms with Crippen LogP contribution < -0.4 is 5.43 Å². The Morgan fingerprint density at radius 2 is 1.64 bits per heavy atom. The molecule has 5 nitrogen and oxygen atoms in total. The zero-order chi connectivity index (χ0) is 18.0. The van der Waals surface area contributed by atoms with Crippen LogP contribution in [0.2, 0.25) is 5.02 Å². The summed E-state index contributed by atoms with van der Waals surface area (Å²) in [4.78, 5) is 8.63. The van der Waals surface area contributed by atoms with Crippen molar-refractivity contribution in [3.63, 3.8) is 0 Å². The summed E-state index contributed by atoms with van der Waals surface area (Å²) in [6.45, 7) is 8.00. The Bertz CT molecular complexity index is 905. The zero-order valence-corrected chi connectivity index (χ0v) is 15.5. The molecule has 128 valence electrons. The van der Waals surface area contributed by atoms with Gasteiger partial charge in [-0.1, -0.05) is 11.6 Å². The number of hydrogen-bond donors (Lipinski definition) is 1. The summed E-state index contributed by atoms with van der Waals surface area (Å²) in [7, 11) is 0. The third kappa shape index (κ3) is 3.88. The van der Waals surface area contributed by atoms with Crippen molar-refractivity contribution in [1.82, 2.24) is 14.5 Å². The summed E-state index contributed by atoms with van der Waals surface area (Å²) in [5.74, 6) is 0.500. The highest BCUT2D eigenvalue weighted by Gasteiger charge is 2.09. The highest BCUT2D eigenvalue weighted by molar-refractivity contribution is 6.30. The molecular weight excluding hydrogens is 334 g/mol. The molecule has 2 heterocycles. The molecule has 1 aromatic carbocycles. The molecule has 0 aliphatic rings. The van der Waals surface area contributed by atoms with Gasteiger partial charge >= 0.3 is 0 Å². The molecule has 0 saturated heterocycles. The number of halogens is 1. The molecule has 0 radical (unpaired) electrons. The predicted octanol–water partition coefficient (Wildman–Crippen LogP) is 4.60. The van der Waals surface area contributed by atoms with Gasteiger partial charge in [0, 0.05) is 39.0 Å². The lowest BCUT2D eigenvalue weighted by atomic mass is 10.2. The minimum Gasteiger partial charge on any atom is -0.318 e. The highest BCUT2D eigenvalue weighted by atomic mass is 35.5.